The van der Waals surface area contributed by atoms with Crippen molar-refractivity contribution in [3.63, 3.8) is 0 Å². The molecule has 0 radical (unpaired) electrons. The lowest BCUT2D eigenvalue weighted by atomic mass is 10.1. The monoisotopic (exact) mass is 350 g/mol. The van der Waals surface area contributed by atoms with Gasteiger partial charge < -0.3 is 9.80 Å². The van der Waals surface area contributed by atoms with E-state index in [1.807, 2.05) is 22.7 Å². The molecule has 0 saturated carbocycles. The van der Waals surface area contributed by atoms with Gasteiger partial charge in [-0.2, -0.15) is 0 Å². The van der Waals surface area contributed by atoms with E-state index in [9.17, 15) is 0 Å². The van der Waals surface area contributed by atoms with Crippen LogP contribution in [0.25, 0.3) is 20.2 Å². The Morgan fingerprint density at radius 3 is 1.50 bits per heavy atom. The molecule has 0 bridgehead atoms. The Labute approximate surface area is 149 Å². The highest BCUT2D eigenvalue weighted by molar-refractivity contribution is 7.17. The maximum absolute atomic E-state index is 2.54. The van der Waals surface area contributed by atoms with Crippen LogP contribution in [0.5, 0.6) is 0 Å². The third-order valence-corrected chi connectivity index (χ3v) is 6.67. The van der Waals surface area contributed by atoms with Crippen LogP contribution in [0.2, 0.25) is 0 Å². The normalized spacial score (nSPS) is 15.5. The minimum Gasteiger partial charge on any atom is -0.367 e. The van der Waals surface area contributed by atoms with E-state index in [0.717, 1.165) is 26.2 Å². The summed E-state index contributed by atoms with van der Waals surface area (Å²) in [6.07, 6.45) is 0. The molecule has 2 aromatic carbocycles. The van der Waals surface area contributed by atoms with Crippen molar-refractivity contribution in [1.29, 1.82) is 0 Å². The van der Waals surface area contributed by atoms with Crippen LogP contribution in [-0.4, -0.2) is 26.2 Å². The average molecular weight is 351 g/mol. The molecule has 120 valence electrons. The first-order valence-corrected chi connectivity index (χ1v) is 10.1. The molecule has 24 heavy (non-hydrogen) atoms. The number of piperazine rings is 1. The fraction of sp³-hybridized carbons (Fsp3) is 0.200. The Morgan fingerprint density at radius 1 is 0.583 bits per heavy atom. The Morgan fingerprint density at radius 2 is 1.04 bits per heavy atom. The van der Waals surface area contributed by atoms with Gasteiger partial charge in [0.2, 0.25) is 0 Å². The Bertz CT molecular complexity index is 911. The highest BCUT2D eigenvalue weighted by Crippen LogP contribution is 2.34. The second-order valence-corrected chi connectivity index (χ2v) is 8.09. The van der Waals surface area contributed by atoms with Gasteiger partial charge in [-0.25, -0.2) is 0 Å². The molecule has 3 heterocycles. The van der Waals surface area contributed by atoms with E-state index in [4.69, 9.17) is 0 Å². The van der Waals surface area contributed by atoms with Crippen LogP contribution in [-0.2, 0) is 0 Å². The van der Waals surface area contributed by atoms with Crippen LogP contribution >= 0.6 is 22.7 Å². The molecule has 0 N–H and O–H groups in total. The van der Waals surface area contributed by atoms with Gasteiger partial charge in [-0.05, 0) is 47.2 Å². The molecule has 0 amide bonds. The maximum Gasteiger partial charge on any atom is 0.0455 e. The number of benzene rings is 2. The maximum atomic E-state index is 2.54. The summed E-state index contributed by atoms with van der Waals surface area (Å²) in [7, 11) is 0. The Hall–Kier alpha value is -2.04. The zero-order valence-electron chi connectivity index (χ0n) is 13.3. The molecular weight excluding hydrogens is 332 g/mol. The van der Waals surface area contributed by atoms with Crippen molar-refractivity contribution in [2.75, 3.05) is 36.0 Å². The molecule has 1 aliphatic rings. The van der Waals surface area contributed by atoms with Crippen molar-refractivity contribution >= 4 is 54.2 Å². The van der Waals surface area contributed by atoms with E-state index in [2.05, 4.69) is 69.1 Å². The third kappa shape index (κ3) is 2.29. The standard InChI is InChI=1S/C20H18N2S2/c1-3-17(15-7-13-23-19(15)5-1)21-9-11-22(12-10-21)18-4-2-6-20-16(18)8-14-24-20/h1-8,13-14H,9-12H2. The highest BCUT2D eigenvalue weighted by atomic mass is 32.1. The first-order chi connectivity index (χ1) is 11.9. The second kappa shape index (κ2) is 5.80. The quantitative estimate of drug-likeness (QED) is 0.475. The lowest BCUT2D eigenvalue weighted by molar-refractivity contribution is 0.656. The lowest BCUT2D eigenvalue weighted by Crippen LogP contribution is -2.46. The van der Waals surface area contributed by atoms with Crippen LogP contribution in [0, 0.1) is 0 Å². The van der Waals surface area contributed by atoms with Crippen LogP contribution in [0.15, 0.2) is 59.3 Å². The Balaban J connectivity index is 1.41. The summed E-state index contributed by atoms with van der Waals surface area (Å²) in [4.78, 5) is 5.08. The van der Waals surface area contributed by atoms with Crippen LogP contribution < -0.4 is 9.80 Å². The fourth-order valence-electron chi connectivity index (χ4n) is 3.70. The van der Waals surface area contributed by atoms with Crippen LogP contribution in [0.1, 0.15) is 0 Å². The van der Waals surface area contributed by atoms with Gasteiger partial charge in [-0.15, -0.1) is 22.7 Å². The minimum atomic E-state index is 1.08. The van der Waals surface area contributed by atoms with Crippen molar-refractivity contribution in [1.82, 2.24) is 0 Å². The molecule has 0 aliphatic carbocycles. The van der Waals surface area contributed by atoms with Gasteiger partial charge in [0.25, 0.3) is 0 Å². The molecule has 0 unspecified atom stereocenters. The highest BCUT2D eigenvalue weighted by Gasteiger charge is 2.20. The van der Waals surface area contributed by atoms with Gasteiger partial charge >= 0.3 is 0 Å². The number of thiophene rings is 2. The summed E-state index contributed by atoms with van der Waals surface area (Å²) < 4.78 is 2.77. The van der Waals surface area contributed by atoms with E-state index in [1.54, 1.807) is 0 Å². The van der Waals surface area contributed by atoms with E-state index in [-0.39, 0.29) is 0 Å². The number of rotatable bonds is 2. The van der Waals surface area contributed by atoms with E-state index < -0.39 is 0 Å². The van der Waals surface area contributed by atoms with E-state index >= 15 is 0 Å². The van der Waals surface area contributed by atoms with Crippen molar-refractivity contribution in [2.24, 2.45) is 0 Å². The zero-order chi connectivity index (χ0) is 15.9. The molecular formula is C20H18N2S2. The van der Waals surface area contributed by atoms with Crippen LogP contribution in [0.4, 0.5) is 11.4 Å². The molecule has 4 heteroatoms. The largest absolute Gasteiger partial charge is 0.367 e. The third-order valence-electron chi connectivity index (χ3n) is 4.91. The van der Waals surface area contributed by atoms with Gasteiger partial charge in [0.1, 0.15) is 0 Å². The molecule has 2 nitrogen and oxygen atoms in total. The van der Waals surface area contributed by atoms with Gasteiger partial charge in [0.05, 0.1) is 0 Å². The molecule has 0 spiro atoms. The SMILES string of the molecule is c1cc(N2CCN(c3cccc4sccc34)CC2)c2ccsc2c1. The average Bonchev–Trinajstić information content (AvgIpc) is 3.30. The number of fused-ring (bicyclic) bond motifs is 2. The van der Waals surface area contributed by atoms with E-state index in [1.165, 1.54) is 31.5 Å². The molecule has 0 atom stereocenters. The number of hydrogen-bond acceptors (Lipinski definition) is 4. The van der Waals surface area contributed by atoms with E-state index in [0.29, 0.717) is 0 Å². The molecule has 1 saturated heterocycles. The summed E-state index contributed by atoms with van der Waals surface area (Å²) in [6, 6.07) is 17.9. The lowest BCUT2D eigenvalue weighted by Gasteiger charge is -2.38. The molecule has 2 aromatic heterocycles. The van der Waals surface area contributed by atoms with Crippen molar-refractivity contribution in [2.45, 2.75) is 0 Å². The molecule has 1 aliphatic heterocycles. The predicted molar refractivity (Wildman–Crippen MR) is 108 cm³/mol. The van der Waals surface area contributed by atoms with Crippen molar-refractivity contribution in [3.8, 4) is 0 Å². The van der Waals surface area contributed by atoms with Gasteiger partial charge in [0.15, 0.2) is 0 Å². The number of anilines is 2. The summed E-state index contributed by atoms with van der Waals surface area (Å²) >= 11 is 3.66. The van der Waals surface area contributed by atoms with Crippen LogP contribution in [0.3, 0.4) is 0 Å². The fourth-order valence-corrected chi connectivity index (χ4v) is 5.31. The van der Waals surface area contributed by atoms with Crippen molar-refractivity contribution in [3.05, 3.63) is 59.3 Å². The Kier molecular flexibility index (Phi) is 3.46. The summed E-state index contributed by atoms with van der Waals surface area (Å²) in [5, 5.41) is 7.19. The number of nitrogens with zero attached hydrogens (tertiary/aromatic N) is 2. The predicted octanol–water partition coefficient (Wildman–Crippen LogP) is 5.44. The first kappa shape index (κ1) is 14.3. The molecule has 1 fully saturated rings. The second-order valence-electron chi connectivity index (χ2n) is 6.19. The smallest absolute Gasteiger partial charge is 0.0455 e. The number of hydrogen-bond donors (Lipinski definition) is 0. The van der Waals surface area contributed by atoms with Gasteiger partial charge in [-0.1, -0.05) is 12.1 Å². The molecule has 5 rings (SSSR count). The van der Waals surface area contributed by atoms with Crippen molar-refractivity contribution < 1.29 is 0 Å². The topological polar surface area (TPSA) is 6.48 Å². The molecule has 4 aromatic rings. The van der Waals surface area contributed by atoms with Gasteiger partial charge in [-0.3, -0.25) is 0 Å². The first-order valence-electron chi connectivity index (χ1n) is 8.32. The summed E-state index contributed by atoms with van der Waals surface area (Å²) in [5.74, 6) is 0. The summed E-state index contributed by atoms with van der Waals surface area (Å²) in [6.45, 7) is 4.32. The minimum absolute atomic E-state index is 1.08. The zero-order valence-corrected chi connectivity index (χ0v) is 14.9. The summed E-state index contributed by atoms with van der Waals surface area (Å²) in [5.41, 5.74) is 2.78. The van der Waals surface area contributed by atoms with Gasteiger partial charge in [0, 0.05) is 57.7 Å².